The minimum absolute atomic E-state index is 0.0262. The van der Waals surface area contributed by atoms with Gasteiger partial charge in [0, 0.05) is 31.5 Å². The number of ether oxygens (including phenoxy) is 2. The Bertz CT molecular complexity index is 655. The van der Waals surface area contributed by atoms with Crippen molar-refractivity contribution < 1.29 is 28.8 Å². The Hall–Kier alpha value is -2.77. The lowest BCUT2D eigenvalue weighted by atomic mass is 9.81. The summed E-state index contributed by atoms with van der Waals surface area (Å²) in [6.45, 7) is 3.86. The van der Waals surface area contributed by atoms with Crippen LogP contribution in [0, 0.1) is 15.5 Å². The van der Waals surface area contributed by atoms with Gasteiger partial charge in [0.2, 0.25) is 5.41 Å². The first-order valence-electron chi connectivity index (χ1n) is 6.34. The Morgan fingerprint density at radius 2 is 1.50 bits per heavy atom. The molecule has 1 aromatic rings. The van der Waals surface area contributed by atoms with E-state index in [0.717, 1.165) is 19.1 Å². The molecule has 0 saturated carbocycles. The largest absolute Gasteiger partial charge is 0.422 e. The molecule has 0 aromatic heterocycles. The third-order valence-corrected chi connectivity index (χ3v) is 3.29. The Morgan fingerprint density at radius 3 is 1.91 bits per heavy atom. The Kier molecular flexibility index (Phi) is 3.48. The predicted octanol–water partition coefficient (Wildman–Crippen LogP) is 1.62. The molecule has 1 saturated heterocycles. The van der Waals surface area contributed by atoms with E-state index < -0.39 is 33.8 Å². The van der Waals surface area contributed by atoms with Crippen LogP contribution in [-0.2, 0) is 19.1 Å². The van der Waals surface area contributed by atoms with E-state index in [0.29, 0.717) is 0 Å². The molecule has 8 heteroatoms. The number of esters is 2. The summed E-state index contributed by atoms with van der Waals surface area (Å²) >= 11 is 0. The van der Waals surface area contributed by atoms with Crippen molar-refractivity contribution in [3.63, 3.8) is 0 Å². The lowest BCUT2D eigenvalue weighted by Gasteiger charge is -2.37. The highest BCUT2D eigenvalue weighted by Crippen LogP contribution is 2.35. The minimum Gasteiger partial charge on any atom is -0.422 e. The predicted molar refractivity (Wildman–Crippen MR) is 71.8 cm³/mol. The molecule has 22 heavy (non-hydrogen) atoms. The fourth-order valence-electron chi connectivity index (χ4n) is 1.96. The van der Waals surface area contributed by atoms with E-state index in [4.69, 9.17) is 9.47 Å². The summed E-state index contributed by atoms with van der Waals surface area (Å²) in [6.07, 6.45) is 0. The molecule has 1 fully saturated rings. The fourth-order valence-corrected chi connectivity index (χ4v) is 1.96. The highest BCUT2D eigenvalue weighted by Gasteiger charge is 2.58. The molecule has 0 atom stereocenters. The van der Waals surface area contributed by atoms with Gasteiger partial charge in [-0.05, 0) is 19.1 Å². The molecular weight excluding hydrogens is 294 g/mol. The van der Waals surface area contributed by atoms with Crippen molar-refractivity contribution in [1.82, 2.24) is 0 Å². The second-order valence-corrected chi connectivity index (χ2v) is 5.44. The van der Waals surface area contributed by atoms with Crippen molar-refractivity contribution in [3.05, 3.63) is 39.9 Å². The van der Waals surface area contributed by atoms with Gasteiger partial charge in [-0.15, -0.1) is 0 Å². The first-order chi connectivity index (χ1) is 10.1. The van der Waals surface area contributed by atoms with E-state index in [-0.39, 0.29) is 11.3 Å². The van der Waals surface area contributed by atoms with Crippen molar-refractivity contribution in [2.24, 2.45) is 5.41 Å². The number of hydrogen-bond donors (Lipinski definition) is 0. The van der Waals surface area contributed by atoms with E-state index in [1.807, 2.05) is 0 Å². The first-order valence-corrected chi connectivity index (χ1v) is 6.34. The SMILES string of the molecule is CC1(C)OC(=O)C(C)(C(=O)c2ccc([N+](=O)[O-])cc2)C(=O)O1. The molecule has 0 N–H and O–H groups in total. The van der Waals surface area contributed by atoms with Crippen LogP contribution >= 0.6 is 0 Å². The van der Waals surface area contributed by atoms with Crippen molar-refractivity contribution in [3.8, 4) is 0 Å². The number of hydrogen-bond acceptors (Lipinski definition) is 7. The van der Waals surface area contributed by atoms with Gasteiger partial charge in [-0.2, -0.15) is 0 Å². The summed E-state index contributed by atoms with van der Waals surface area (Å²) in [4.78, 5) is 46.6. The number of carbonyl (C=O) groups excluding carboxylic acids is 3. The number of benzene rings is 1. The lowest BCUT2D eigenvalue weighted by molar-refractivity contribution is -0.384. The average Bonchev–Trinajstić information content (AvgIpc) is 2.43. The molecule has 2 rings (SSSR count). The van der Waals surface area contributed by atoms with Crippen molar-refractivity contribution >= 4 is 23.4 Å². The van der Waals surface area contributed by atoms with E-state index in [1.165, 1.54) is 26.0 Å². The highest BCUT2D eigenvalue weighted by atomic mass is 16.7. The molecule has 8 nitrogen and oxygen atoms in total. The van der Waals surface area contributed by atoms with E-state index in [2.05, 4.69) is 0 Å². The maximum atomic E-state index is 12.5. The molecule has 1 heterocycles. The van der Waals surface area contributed by atoms with Crippen LogP contribution in [0.5, 0.6) is 0 Å². The van der Waals surface area contributed by atoms with Crippen LogP contribution in [0.3, 0.4) is 0 Å². The van der Waals surface area contributed by atoms with Crippen molar-refractivity contribution in [1.29, 1.82) is 0 Å². The molecule has 0 spiro atoms. The Balaban J connectivity index is 2.37. The zero-order valence-corrected chi connectivity index (χ0v) is 12.1. The van der Waals surface area contributed by atoms with Crippen LogP contribution in [0.2, 0.25) is 0 Å². The van der Waals surface area contributed by atoms with Crippen molar-refractivity contribution in [2.45, 2.75) is 26.6 Å². The number of carbonyl (C=O) groups is 3. The van der Waals surface area contributed by atoms with Crippen LogP contribution < -0.4 is 0 Å². The summed E-state index contributed by atoms with van der Waals surface area (Å²) in [6, 6.07) is 4.57. The van der Waals surface area contributed by atoms with Gasteiger partial charge in [-0.1, -0.05) is 0 Å². The van der Waals surface area contributed by atoms with Gasteiger partial charge in [0.15, 0.2) is 5.78 Å². The highest BCUT2D eigenvalue weighted by molar-refractivity contribution is 6.25. The van der Waals surface area contributed by atoms with E-state index in [1.54, 1.807) is 0 Å². The maximum Gasteiger partial charge on any atom is 0.334 e. The molecule has 1 aromatic carbocycles. The van der Waals surface area contributed by atoms with Gasteiger partial charge in [-0.25, -0.2) is 0 Å². The average molecular weight is 307 g/mol. The second-order valence-electron chi connectivity index (χ2n) is 5.44. The summed E-state index contributed by atoms with van der Waals surface area (Å²) in [5.74, 6) is -4.31. The number of rotatable bonds is 3. The second kappa shape index (κ2) is 4.90. The van der Waals surface area contributed by atoms with Crippen LogP contribution in [0.1, 0.15) is 31.1 Å². The maximum absolute atomic E-state index is 12.5. The van der Waals surface area contributed by atoms with Gasteiger partial charge >= 0.3 is 11.9 Å². The summed E-state index contributed by atoms with van der Waals surface area (Å²) in [5, 5.41) is 10.6. The molecule has 0 bridgehead atoms. The smallest absolute Gasteiger partial charge is 0.334 e. The van der Waals surface area contributed by atoms with Gasteiger partial charge in [0.25, 0.3) is 11.5 Å². The lowest BCUT2D eigenvalue weighted by Crippen LogP contribution is -2.56. The number of Topliss-reactive ketones (excluding diaryl/α,β-unsaturated/α-hetero) is 1. The van der Waals surface area contributed by atoms with Crippen molar-refractivity contribution in [2.75, 3.05) is 0 Å². The van der Waals surface area contributed by atoms with Gasteiger partial charge in [0.05, 0.1) is 4.92 Å². The first kappa shape index (κ1) is 15.6. The molecule has 0 unspecified atom stereocenters. The zero-order chi connectivity index (χ0) is 16.7. The molecule has 0 amide bonds. The third kappa shape index (κ3) is 2.43. The number of nitrogens with zero attached hydrogens (tertiary/aromatic N) is 1. The molecule has 116 valence electrons. The van der Waals surface area contributed by atoms with Crippen LogP contribution in [0.25, 0.3) is 0 Å². The number of nitro benzene ring substituents is 1. The summed E-state index contributed by atoms with van der Waals surface area (Å²) in [7, 11) is 0. The number of cyclic esters (lactones) is 2. The fraction of sp³-hybridized carbons (Fsp3) is 0.357. The standard InChI is InChI=1S/C14H13NO7/c1-13(2)21-11(17)14(3,12(18)22-13)10(16)8-4-6-9(7-5-8)15(19)20/h4-7H,1-3H3. The molecule has 1 aliphatic heterocycles. The molecular formula is C14H13NO7. The summed E-state index contributed by atoms with van der Waals surface area (Å²) in [5.41, 5.74) is -2.37. The summed E-state index contributed by atoms with van der Waals surface area (Å²) < 4.78 is 9.91. The topological polar surface area (TPSA) is 113 Å². The number of non-ortho nitro benzene ring substituents is 1. The molecule has 0 aliphatic carbocycles. The minimum atomic E-state index is -2.13. The molecule has 0 radical (unpaired) electrons. The van der Waals surface area contributed by atoms with E-state index in [9.17, 15) is 24.5 Å². The Labute approximate surface area is 125 Å². The van der Waals surface area contributed by atoms with E-state index >= 15 is 0 Å². The van der Waals surface area contributed by atoms with Gasteiger partial charge in [0.1, 0.15) is 0 Å². The zero-order valence-electron chi connectivity index (χ0n) is 12.1. The van der Waals surface area contributed by atoms with Crippen LogP contribution in [0.4, 0.5) is 5.69 Å². The monoisotopic (exact) mass is 307 g/mol. The number of ketones is 1. The van der Waals surface area contributed by atoms with Gasteiger partial charge in [-0.3, -0.25) is 24.5 Å². The molecule has 1 aliphatic rings. The third-order valence-electron chi connectivity index (χ3n) is 3.29. The quantitative estimate of drug-likeness (QED) is 0.274. The Morgan fingerprint density at radius 1 is 1.05 bits per heavy atom. The van der Waals surface area contributed by atoms with Gasteiger partial charge < -0.3 is 9.47 Å². The number of nitro groups is 1. The van der Waals surface area contributed by atoms with Crippen LogP contribution in [-0.4, -0.2) is 28.4 Å². The normalized spacial score (nSPS) is 19.0. The van der Waals surface area contributed by atoms with Crippen LogP contribution in [0.15, 0.2) is 24.3 Å².